The van der Waals surface area contributed by atoms with E-state index in [1.807, 2.05) is 20.8 Å². The molecule has 5 nitrogen and oxygen atoms in total. The van der Waals surface area contributed by atoms with Gasteiger partial charge in [-0.1, -0.05) is 6.08 Å². The lowest BCUT2D eigenvalue weighted by Gasteiger charge is -2.29. The highest BCUT2D eigenvalue weighted by Gasteiger charge is 2.40. The van der Waals surface area contributed by atoms with E-state index < -0.39 is 11.0 Å². The van der Waals surface area contributed by atoms with E-state index in [-0.39, 0.29) is 12.1 Å². The fourth-order valence-electron chi connectivity index (χ4n) is 2.69. The van der Waals surface area contributed by atoms with Crippen LogP contribution in [0.3, 0.4) is 0 Å². The van der Waals surface area contributed by atoms with Crippen molar-refractivity contribution >= 4 is 12.1 Å². The summed E-state index contributed by atoms with van der Waals surface area (Å²) in [5.74, 6) is -0.214. The number of nitrogens with zero attached hydrogens (tertiary/aromatic N) is 1. The molecule has 1 saturated heterocycles. The summed E-state index contributed by atoms with van der Waals surface area (Å²) in [4.78, 5) is 26.0. The number of ether oxygens (including phenoxy) is 2. The fourth-order valence-corrected chi connectivity index (χ4v) is 2.69. The van der Waals surface area contributed by atoms with Gasteiger partial charge in [-0.15, -0.1) is 6.58 Å². The van der Waals surface area contributed by atoms with E-state index in [0.717, 1.165) is 6.42 Å². The van der Waals surface area contributed by atoms with Gasteiger partial charge in [0.2, 0.25) is 0 Å². The molecule has 0 N–H and O–H groups in total. The van der Waals surface area contributed by atoms with Crippen LogP contribution in [-0.4, -0.2) is 42.8 Å². The van der Waals surface area contributed by atoms with E-state index in [1.54, 1.807) is 11.0 Å². The predicted octanol–water partition coefficient (Wildman–Crippen LogP) is 3.14. The van der Waals surface area contributed by atoms with Gasteiger partial charge in [0.05, 0.1) is 12.5 Å². The number of carbonyl (C=O) groups excluding carboxylic acids is 2. The molecular formula is C16H27NO4. The van der Waals surface area contributed by atoms with Crippen molar-refractivity contribution in [3.05, 3.63) is 12.7 Å². The molecule has 0 saturated carbocycles. The van der Waals surface area contributed by atoms with E-state index in [0.29, 0.717) is 32.4 Å². The van der Waals surface area contributed by atoms with E-state index >= 15 is 0 Å². The molecule has 0 aliphatic carbocycles. The number of carbonyl (C=O) groups is 2. The highest BCUT2D eigenvalue weighted by Crippen LogP contribution is 2.37. The van der Waals surface area contributed by atoms with E-state index in [2.05, 4.69) is 6.58 Å². The van der Waals surface area contributed by atoms with Crippen molar-refractivity contribution in [2.45, 2.75) is 52.1 Å². The third kappa shape index (κ3) is 4.76. The number of amides is 1. The average Bonchev–Trinajstić information content (AvgIpc) is 2.60. The molecule has 1 rings (SSSR count). The first-order valence-corrected chi connectivity index (χ1v) is 7.41. The second-order valence-electron chi connectivity index (χ2n) is 6.59. The fraction of sp³-hybridized carbons (Fsp3) is 0.750. The number of hydrogen-bond donors (Lipinski definition) is 0. The first-order valence-electron chi connectivity index (χ1n) is 7.41. The van der Waals surface area contributed by atoms with Crippen LogP contribution in [0.2, 0.25) is 0 Å². The van der Waals surface area contributed by atoms with Crippen LogP contribution in [0.5, 0.6) is 0 Å². The Hall–Kier alpha value is -1.52. The maximum absolute atomic E-state index is 12.1. The highest BCUT2D eigenvalue weighted by atomic mass is 16.6. The van der Waals surface area contributed by atoms with Gasteiger partial charge in [-0.2, -0.15) is 0 Å². The van der Waals surface area contributed by atoms with Crippen LogP contribution >= 0.6 is 0 Å². The van der Waals surface area contributed by atoms with Gasteiger partial charge in [0.25, 0.3) is 0 Å². The molecule has 0 radical (unpaired) electrons. The maximum atomic E-state index is 12.1. The molecule has 5 heteroatoms. The second kappa shape index (κ2) is 6.96. The van der Waals surface area contributed by atoms with Crippen LogP contribution in [0.15, 0.2) is 12.7 Å². The maximum Gasteiger partial charge on any atom is 0.410 e. The van der Waals surface area contributed by atoms with Gasteiger partial charge in [-0.05, 0) is 46.5 Å². The van der Waals surface area contributed by atoms with Crippen molar-refractivity contribution in [3.63, 3.8) is 0 Å². The van der Waals surface area contributed by atoms with Crippen molar-refractivity contribution < 1.29 is 19.1 Å². The zero-order chi connectivity index (χ0) is 16.1. The molecule has 1 unspecified atom stereocenters. The molecule has 0 aromatic carbocycles. The number of methoxy groups -OCH3 is 1. The van der Waals surface area contributed by atoms with Gasteiger partial charge in [0.15, 0.2) is 0 Å². The zero-order valence-electron chi connectivity index (χ0n) is 13.6. The van der Waals surface area contributed by atoms with Gasteiger partial charge in [-0.3, -0.25) is 4.79 Å². The van der Waals surface area contributed by atoms with Crippen molar-refractivity contribution in [1.82, 2.24) is 4.90 Å². The summed E-state index contributed by atoms with van der Waals surface area (Å²) < 4.78 is 10.4. The molecule has 21 heavy (non-hydrogen) atoms. The quantitative estimate of drug-likeness (QED) is 0.593. The Bertz CT molecular complexity index is 400. The molecular weight excluding hydrogens is 270 g/mol. The lowest BCUT2D eigenvalue weighted by Crippen LogP contribution is -2.38. The van der Waals surface area contributed by atoms with Gasteiger partial charge in [-0.25, -0.2) is 4.79 Å². The standard InChI is InChI=1S/C16H27NO4/c1-6-8-16(13(18)20-5)9-7-11-17(12-10-16)14(19)21-15(2,3)4/h6H,1,7-12H2,2-5H3. The van der Waals surface area contributed by atoms with Crippen LogP contribution in [0.1, 0.15) is 46.5 Å². The summed E-state index contributed by atoms with van der Waals surface area (Å²) in [6, 6.07) is 0. The van der Waals surface area contributed by atoms with E-state index in [9.17, 15) is 9.59 Å². The monoisotopic (exact) mass is 297 g/mol. The minimum atomic E-state index is -0.562. The van der Waals surface area contributed by atoms with E-state index in [4.69, 9.17) is 9.47 Å². The third-order valence-electron chi connectivity index (χ3n) is 3.75. The topological polar surface area (TPSA) is 55.8 Å². The summed E-state index contributed by atoms with van der Waals surface area (Å²) >= 11 is 0. The molecule has 0 spiro atoms. The van der Waals surface area contributed by atoms with Gasteiger partial charge in [0.1, 0.15) is 5.60 Å². The summed E-state index contributed by atoms with van der Waals surface area (Å²) in [5, 5.41) is 0. The molecule has 0 aromatic rings. The Morgan fingerprint density at radius 1 is 1.29 bits per heavy atom. The molecule has 1 amide bonds. The number of hydrogen-bond acceptors (Lipinski definition) is 4. The first-order chi connectivity index (χ1) is 9.74. The van der Waals surface area contributed by atoms with Gasteiger partial charge in [0, 0.05) is 13.1 Å². The van der Waals surface area contributed by atoms with Gasteiger partial charge < -0.3 is 14.4 Å². The summed E-state index contributed by atoms with van der Waals surface area (Å²) in [5.41, 5.74) is -1.07. The van der Waals surface area contributed by atoms with E-state index in [1.165, 1.54) is 7.11 Å². The number of esters is 1. The van der Waals surface area contributed by atoms with Crippen LogP contribution in [0, 0.1) is 5.41 Å². The average molecular weight is 297 g/mol. The normalized spacial score (nSPS) is 23.1. The first kappa shape index (κ1) is 17.5. The Morgan fingerprint density at radius 3 is 2.48 bits per heavy atom. The third-order valence-corrected chi connectivity index (χ3v) is 3.75. The number of rotatable bonds is 3. The molecule has 1 aliphatic rings. The lowest BCUT2D eigenvalue weighted by molar-refractivity contribution is -0.153. The number of allylic oxidation sites excluding steroid dienone is 1. The zero-order valence-corrected chi connectivity index (χ0v) is 13.6. The van der Waals surface area contributed by atoms with Crippen molar-refractivity contribution in [3.8, 4) is 0 Å². The number of likely N-dealkylation sites (tertiary alicyclic amines) is 1. The Morgan fingerprint density at radius 2 is 1.95 bits per heavy atom. The van der Waals surface area contributed by atoms with Crippen LogP contribution in [0.4, 0.5) is 4.79 Å². The SMILES string of the molecule is C=CCC1(C(=O)OC)CCCN(C(=O)OC(C)(C)C)CC1. The summed E-state index contributed by atoms with van der Waals surface area (Å²) in [6.07, 6.45) is 4.03. The lowest BCUT2D eigenvalue weighted by atomic mass is 9.78. The molecule has 0 bridgehead atoms. The summed E-state index contributed by atoms with van der Waals surface area (Å²) in [7, 11) is 1.41. The van der Waals surface area contributed by atoms with Crippen molar-refractivity contribution in [2.24, 2.45) is 5.41 Å². The second-order valence-corrected chi connectivity index (χ2v) is 6.59. The van der Waals surface area contributed by atoms with Crippen LogP contribution in [0.25, 0.3) is 0 Å². The molecule has 1 atom stereocenters. The summed E-state index contributed by atoms with van der Waals surface area (Å²) in [6.45, 7) is 10.4. The molecule has 1 aliphatic heterocycles. The largest absolute Gasteiger partial charge is 0.469 e. The molecule has 1 heterocycles. The molecule has 120 valence electrons. The van der Waals surface area contributed by atoms with Crippen LogP contribution in [-0.2, 0) is 14.3 Å². The minimum absolute atomic E-state index is 0.214. The van der Waals surface area contributed by atoms with Crippen molar-refractivity contribution in [2.75, 3.05) is 20.2 Å². The minimum Gasteiger partial charge on any atom is -0.469 e. The Balaban J connectivity index is 2.77. The smallest absolute Gasteiger partial charge is 0.410 e. The predicted molar refractivity (Wildman–Crippen MR) is 80.9 cm³/mol. The van der Waals surface area contributed by atoms with Crippen LogP contribution < -0.4 is 0 Å². The molecule has 0 aromatic heterocycles. The van der Waals surface area contributed by atoms with Gasteiger partial charge >= 0.3 is 12.1 Å². The Labute approximate surface area is 127 Å². The molecule has 1 fully saturated rings. The van der Waals surface area contributed by atoms with Crippen molar-refractivity contribution in [1.29, 1.82) is 0 Å². The Kier molecular flexibility index (Phi) is 5.81. The highest BCUT2D eigenvalue weighted by molar-refractivity contribution is 5.77.